The highest BCUT2D eigenvalue weighted by atomic mass is 32.1. The topological polar surface area (TPSA) is 70.1 Å². The van der Waals surface area contributed by atoms with Gasteiger partial charge in [-0.1, -0.05) is 18.2 Å². The van der Waals surface area contributed by atoms with Crippen molar-refractivity contribution in [3.63, 3.8) is 0 Å². The Morgan fingerprint density at radius 1 is 1.48 bits per heavy atom. The fourth-order valence-corrected chi connectivity index (χ4v) is 2.68. The van der Waals surface area contributed by atoms with E-state index in [0.29, 0.717) is 0 Å². The summed E-state index contributed by atoms with van der Waals surface area (Å²) >= 11 is 1.54. The number of H-pyrrole nitrogens is 1. The van der Waals surface area contributed by atoms with Crippen molar-refractivity contribution in [3.8, 4) is 0 Å². The zero-order chi connectivity index (χ0) is 14.7. The monoisotopic (exact) mass is 298 g/mol. The molecule has 6 heteroatoms. The van der Waals surface area contributed by atoms with Gasteiger partial charge in [0.25, 0.3) is 0 Å². The van der Waals surface area contributed by atoms with Crippen LogP contribution in [0.2, 0.25) is 0 Å². The van der Waals surface area contributed by atoms with Crippen LogP contribution in [0.4, 0.5) is 0 Å². The zero-order valence-electron chi connectivity index (χ0n) is 11.5. The Hall–Kier alpha value is -2.47. The molecule has 21 heavy (non-hydrogen) atoms. The fourth-order valence-electron chi connectivity index (χ4n) is 2.07. The molecule has 2 N–H and O–H groups in total. The van der Waals surface area contributed by atoms with Gasteiger partial charge in [0.15, 0.2) is 0 Å². The number of fused-ring (bicyclic) bond motifs is 1. The third-order valence-electron chi connectivity index (χ3n) is 3.02. The number of carbonyl (C=O) groups is 1. The summed E-state index contributed by atoms with van der Waals surface area (Å²) in [5.74, 6) is -0.170. The summed E-state index contributed by atoms with van der Waals surface area (Å²) < 4.78 is 0. The molecule has 0 saturated carbocycles. The number of carbonyl (C=O) groups excluding carboxylic acids is 1. The first-order valence-electron chi connectivity index (χ1n) is 6.51. The molecule has 3 rings (SSSR count). The highest BCUT2D eigenvalue weighted by Gasteiger charge is 2.05. The number of hydrogen-bond donors (Lipinski definition) is 2. The number of amides is 1. The van der Waals surface area contributed by atoms with Gasteiger partial charge in [-0.2, -0.15) is 5.10 Å². The molecule has 1 amide bonds. The van der Waals surface area contributed by atoms with Gasteiger partial charge in [0.05, 0.1) is 23.3 Å². The van der Waals surface area contributed by atoms with Crippen molar-refractivity contribution >= 4 is 34.4 Å². The van der Waals surface area contributed by atoms with Gasteiger partial charge < -0.3 is 4.98 Å². The molecule has 2 heterocycles. The van der Waals surface area contributed by atoms with Gasteiger partial charge in [0.1, 0.15) is 0 Å². The second-order valence-corrected chi connectivity index (χ2v) is 5.68. The SMILES string of the molecule is Cc1nc(CC(=O)N/N=C/c2c[nH]c3ccccc23)cs1. The Labute approximate surface area is 125 Å². The summed E-state index contributed by atoms with van der Waals surface area (Å²) in [6.45, 7) is 1.92. The van der Waals surface area contributed by atoms with E-state index in [4.69, 9.17) is 0 Å². The van der Waals surface area contributed by atoms with Crippen LogP contribution in [0.1, 0.15) is 16.3 Å². The Morgan fingerprint density at radius 3 is 3.14 bits per heavy atom. The van der Waals surface area contributed by atoms with Crippen molar-refractivity contribution < 1.29 is 4.79 Å². The molecule has 106 valence electrons. The number of aromatic nitrogens is 2. The quantitative estimate of drug-likeness (QED) is 0.574. The van der Waals surface area contributed by atoms with Gasteiger partial charge in [0, 0.05) is 28.0 Å². The first-order chi connectivity index (χ1) is 10.2. The van der Waals surface area contributed by atoms with Gasteiger partial charge in [-0.05, 0) is 13.0 Å². The number of para-hydroxylation sites is 1. The van der Waals surface area contributed by atoms with Crippen molar-refractivity contribution in [1.29, 1.82) is 0 Å². The third-order valence-corrected chi connectivity index (χ3v) is 3.84. The predicted molar refractivity (Wildman–Crippen MR) is 84.6 cm³/mol. The van der Waals surface area contributed by atoms with Crippen molar-refractivity contribution in [2.75, 3.05) is 0 Å². The van der Waals surface area contributed by atoms with Crippen LogP contribution in [0.25, 0.3) is 10.9 Å². The van der Waals surface area contributed by atoms with Crippen molar-refractivity contribution in [2.24, 2.45) is 5.10 Å². The Morgan fingerprint density at radius 2 is 2.33 bits per heavy atom. The first-order valence-corrected chi connectivity index (χ1v) is 7.39. The van der Waals surface area contributed by atoms with E-state index in [1.165, 1.54) is 11.3 Å². The summed E-state index contributed by atoms with van der Waals surface area (Å²) in [6.07, 6.45) is 3.75. The Bertz CT molecular complexity index is 803. The maximum atomic E-state index is 11.7. The Balaban J connectivity index is 1.63. The summed E-state index contributed by atoms with van der Waals surface area (Å²) in [4.78, 5) is 19.2. The molecule has 0 saturated heterocycles. The van der Waals surface area contributed by atoms with Gasteiger partial charge >= 0.3 is 0 Å². The maximum Gasteiger partial charge on any atom is 0.246 e. The summed E-state index contributed by atoms with van der Waals surface area (Å²) in [7, 11) is 0. The minimum Gasteiger partial charge on any atom is -0.361 e. The van der Waals surface area contributed by atoms with Gasteiger partial charge in [-0.25, -0.2) is 10.4 Å². The molecular formula is C15H14N4OS. The lowest BCUT2D eigenvalue weighted by molar-refractivity contribution is -0.120. The number of hydrogen-bond acceptors (Lipinski definition) is 4. The van der Waals surface area contributed by atoms with Gasteiger partial charge in [0.2, 0.25) is 5.91 Å². The first kappa shape index (κ1) is 13.5. The molecule has 0 aliphatic carbocycles. The van der Waals surface area contributed by atoms with Gasteiger partial charge in [-0.15, -0.1) is 11.3 Å². The zero-order valence-corrected chi connectivity index (χ0v) is 12.3. The molecule has 1 aromatic carbocycles. The number of nitrogens with zero attached hydrogens (tertiary/aromatic N) is 2. The lowest BCUT2D eigenvalue weighted by Crippen LogP contribution is -2.19. The smallest absolute Gasteiger partial charge is 0.246 e. The van der Waals surface area contributed by atoms with Crippen molar-refractivity contribution in [2.45, 2.75) is 13.3 Å². The van der Waals surface area contributed by atoms with E-state index in [2.05, 4.69) is 20.5 Å². The summed E-state index contributed by atoms with van der Waals surface area (Å²) in [5, 5.41) is 7.92. The largest absolute Gasteiger partial charge is 0.361 e. The summed E-state index contributed by atoms with van der Waals surface area (Å²) in [6, 6.07) is 7.94. The molecular weight excluding hydrogens is 284 g/mol. The van der Waals surface area contributed by atoms with Crippen LogP contribution in [0.15, 0.2) is 40.9 Å². The summed E-state index contributed by atoms with van der Waals surface area (Å²) in [5.41, 5.74) is 5.28. The second kappa shape index (κ2) is 5.88. The normalized spacial score (nSPS) is 11.3. The van der Waals surface area contributed by atoms with Crippen LogP contribution >= 0.6 is 11.3 Å². The number of aryl methyl sites for hydroxylation is 1. The molecule has 0 aliphatic heterocycles. The standard InChI is InChI=1S/C15H14N4OS/c1-10-18-12(9-21-10)6-15(20)19-17-8-11-7-16-14-5-3-2-4-13(11)14/h2-5,7-9,16H,6H2,1H3,(H,19,20)/b17-8+. The molecule has 0 spiro atoms. The number of rotatable bonds is 4. The highest BCUT2D eigenvalue weighted by molar-refractivity contribution is 7.09. The van der Waals surface area contributed by atoms with Crippen LogP contribution < -0.4 is 5.43 Å². The van der Waals surface area contributed by atoms with E-state index in [0.717, 1.165) is 27.2 Å². The van der Waals surface area contributed by atoms with Crippen LogP contribution in [0, 0.1) is 6.92 Å². The molecule has 0 atom stereocenters. The third kappa shape index (κ3) is 3.17. The average Bonchev–Trinajstić information content (AvgIpc) is 3.06. The van der Waals surface area contributed by atoms with E-state index in [1.54, 1.807) is 6.21 Å². The van der Waals surface area contributed by atoms with Crippen LogP contribution in [-0.2, 0) is 11.2 Å². The van der Waals surface area contributed by atoms with Crippen LogP contribution in [0.5, 0.6) is 0 Å². The number of hydrazone groups is 1. The van der Waals surface area contributed by atoms with E-state index < -0.39 is 0 Å². The lowest BCUT2D eigenvalue weighted by Gasteiger charge is -1.96. The molecule has 0 radical (unpaired) electrons. The molecule has 0 fully saturated rings. The van der Waals surface area contributed by atoms with E-state index >= 15 is 0 Å². The second-order valence-electron chi connectivity index (χ2n) is 4.62. The Kier molecular flexibility index (Phi) is 3.79. The molecule has 0 unspecified atom stereocenters. The van der Waals surface area contributed by atoms with Crippen LogP contribution in [0.3, 0.4) is 0 Å². The van der Waals surface area contributed by atoms with Gasteiger partial charge in [-0.3, -0.25) is 4.79 Å². The predicted octanol–water partition coefficient (Wildman–Crippen LogP) is 2.63. The van der Waals surface area contributed by atoms with E-state index in [9.17, 15) is 4.79 Å². The molecule has 0 bridgehead atoms. The molecule has 5 nitrogen and oxygen atoms in total. The minimum atomic E-state index is -0.170. The minimum absolute atomic E-state index is 0.170. The molecule has 3 aromatic rings. The number of thiazole rings is 1. The highest BCUT2D eigenvalue weighted by Crippen LogP contribution is 2.15. The number of aromatic amines is 1. The maximum absolute atomic E-state index is 11.7. The lowest BCUT2D eigenvalue weighted by atomic mass is 10.2. The molecule has 2 aromatic heterocycles. The average molecular weight is 298 g/mol. The number of benzene rings is 1. The van der Waals surface area contributed by atoms with E-state index in [-0.39, 0.29) is 12.3 Å². The van der Waals surface area contributed by atoms with Crippen molar-refractivity contribution in [1.82, 2.24) is 15.4 Å². The van der Waals surface area contributed by atoms with Crippen LogP contribution in [-0.4, -0.2) is 22.1 Å². The van der Waals surface area contributed by atoms with Crippen molar-refractivity contribution in [3.05, 3.63) is 52.1 Å². The molecule has 0 aliphatic rings. The number of nitrogens with one attached hydrogen (secondary N) is 2. The fraction of sp³-hybridized carbons (Fsp3) is 0.133. The van der Waals surface area contributed by atoms with E-state index in [1.807, 2.05) is 42.8 Å².